The van der Waals surface area contributed by atoms with Crippen LogP contribution in [0.1, 0.15) is 23.2 Å². The number of nitrogens with zero attached hydrogens (tertiary/aromatic N) is 1. The Morgan fingerprint density at radius 3 is 2.60 bits per heavy atom. The molecule has 1 aromatic carbocycles. The minimum absolute atomic E-state index is 0.203. The molecule has 3 nitrogen and oxygen atoms in total. The normalized spacial score (nSPS) is 19.9. The molecule has 1 N–H and O–H groups in total. The first-order valence-electron chi connectivity index (χ1n) is 6.58. The van der Waals surface area contributed by atoms with Crippen LogP contribution in [-0.2, 0) is 0 Å². The minimum atomic E-state index is -1.56. The zero-order valence-electron chi connectivity index (χ0n) is 11.3. The molecular formula is C14H17F3N2O. The first-order valence-corrected chi connectivity index (χ1v) is 6.58. The number of rotatable bonds is 3. The van der Waals surface area contributed by atoms with Crippen LogP contribution in [0.5, 0.6) is 0 Å². The number of amides is 1. The number of halogens is 3. The van der Waals surface area contributed by atoms with Crippen LogP contribution in [0, 0.1) is 23.4 Å². The van der Waals surface area contributed by atoms with Crippen molar-refractivity contribution in [3.8, 4) is 0 Å². The van der Waals surface area contributed by atoms with Crippen molar-refractivity contribution in [3.63, 3.8) is 0 Å². The van der Waals surface area contributed by atoms with Crippen molar-refractivity contribution >= 4 is 5.91 Å². The van der Waals surface area contributed by atoms with E-state index in [1.165, 1.54) is 0 Å². The first kappa shape index (κ1) is 14.8. The molecule has 1 aromatic rings. The first-order chi connectivity index (χ1) is 9.47. The maximum Gasteiger partial charge on any atom is 0.251 e. The van der Waals surface area contributed by atoms with Crippen molar-refractivity contribution < 1.29 is 18.0 Å². The highest BCUT2D eigenvalue weighted by molar-refractivity contribution is 5.94. The molecule has 0 saturated carbocycles. The Morgan fingerprint density at radius 1 is 1.35 bits per heavy atom. The average Bonchev–Trinajstić information content (AvgIpc) is 2.41. The third kappa shape index (κ3) is 3.50. The van der Waals surface area contributed by atoms with Crippen molar-refractivity contribution in [1.82, 2.24) is 10.2 Å². The highest BCUT2D eigenvalue weighted by Crippen LogP contribution is 2.15. The molecule has 1 unspecified atom stereocenters. The minimum Gasteiger partial charge on any atom is -0.352 e. The van der Waals surface area contributed by atoms with E-state index in [1.54, 1.807) is 0 Å². The predicted octanol–water partition coefficient (Wildman–Crippen LogP) is 2.18. The summed E-state index contributed by atoms with van der Waals surface area (Å²) in [6, 6.07) is 1.42. The standard InChI is InChI=1S/C14H17F3N2O/c1-19-4-2-3-9(8-19)7-18-14(20)10-5-11(15)13(17)12(16)6-10/h5-6,9H,2-4,7-8H2,1H3,(H,18,20). The van der Waals surface area contributed by atoms with Crippen LogP contribution in [0.15, 0.2) is 12.1 Å². The molecule has 1 atom stereocenters. The Balaban J connectivity index is 1.95. The lowest BCUT2D eigenvalue weighted by Crippen LogP contribution is -2.39. The van der Waals surface area contributed by atoms with Crippen molar-refractivity contribution in [1.29, 1.82) is 0 Å². The number of hydrogen-bond acceptors (Lipinski definition) is 2. The van der Waals surface area contributed by atoms with Gasteiger partial charge in [-0.3, -0.25) is 4.79 Å². The molecule has 110 valence electrons. The molecule has 20 heavy (non-hydrogen) atoms. The Kier molecular flexibility index (Phi) is 4.65. The molecule has 1 fully saturated rings. The summed E-state index contributed by atoms with van der Waals surface area (Å²) in [6.07, 6.45) is 2.08. The quantitative estimate of drug-likeness (QED) is 0.864. The topological polar surface area (TPSA) is 32.3 Å². The number of likely N-dealkylation sites (tertiary alicyclic amines) is 1. The molecule has 2 rings (SSSR count). The lowest BCUT2D eigenvalue weighted by molar-refractivity contribution is 0.0935. The molecule has 0 aromatic heterocycles. The number of carbonyl (C=O) groups excluding carboxylic acids is 1. The van der Waals surface area contributed by atoms with Crippen LogP contribution >= 0.6 is 0 Å². The van der Waals surface area contributed by atoms with E-state index in [2.05, 4.69) is 10.2 Å². The van der Waals surface area contributed by atoms with Crippen molar-refractivity contribution in [2.75, 3.05) is 26.7 Å². The fraction of sp³-hybridized carbons (Fsp3) is 0.500. The molecule has 1 heterocycles. The van der Waals surface area contributed by atoms with Gasteiger partial charge in [0.1, 0.15) is 0 Å². The smallest absolute Gasteiger partial charge is 0.251 e. The van der Waals surface area contributed by atoms with Gasteiger partial charge in [-0.05, 0) is 44.5 Å². The van der Waals surface area contributed by atoms with Crippen LogP contribution in [0.4, 0.5) is 13.2 Å². The number of benzene rings is 1. The van der Waals surface area contributed by atoms with Gasteiger partial charge in [-0.15, -0.1) is 0 Å². The van der Waals surface area contributed by atoms with E-state index in [1.807, 2.05) is 7.05 Å². The number of piperidine rings is 1. The molecule has 0 aliphatic carbocycles. The third-order valence-corrected chi connectivity index (χ3v) is 3.52. The van der Waals surface area contributed by atoms with E-state index in [-0.39, 0.29) is 5.56 Å². The monoisotopic (exact) mass is 286 g/mol. The fourth-order valence-corrected chi connectivity index (χ4v) is 2.47. The summed E-state index contributed by atoms with van der Waals surface area (Å²) in [4.78, 5) is 14.0. The van der Waals surface area contributed by atoms with E-state index >= 15 is 0 Å². The van der Waals surface area contributed by atoms with Crippen LogP contribution < -0.4 is 5.32 Å². The molecule has 0 radical (unpaired) electrons. The maximum atomic E-state index is 13.0. The molecule has 0 bridgehead atoms. The molecule has 6 heteroatoms. The second-order valence-electron chi connectivity index (χ2n) is 5.23. The van der Waals surface area contributed by atoms with E-state index in [0.29, 0.717) is 24.6 Å². The number of carbonyl (C=O) groups is 1. The summed E-state index contributed by atoms with van der Waals surface area (Å²) in [5, 5.41) is 2.64. The summed E-state index contributed by atoms with van der Waals surface area (Å²) < 4.78 is 38.9. The summed E-state index contributed by atoms with van der Waals surface area (Å²) in [5.74, 6) is -4.53. The summed E-state index contributed by atoms with van der Waals surface area (Å²) >= 11 is 0. The fourth-order valence-electron chi connectivity index (χ4n) is 2.47. The van der Waals surface area contributed by atoms with Crippen molar-refractivity contribution in [3.05, 3.63) is 35.1 Å². The molecule has 1 aliphatic rings. The van der Waals surface area contributed by atoms with Gasteiger partial charge in [0.15, 0.2) is 17.5 Å². The van der Waals surface area contributed by atoms with Gasteiger partial charge in [0, 0.05) is 18.7 Å². The summed E-state index contributed by atoms with van der Waals surface area (Å²) in [7, 11) is 2.01. The highest BCUT2D eigenvalue weighted by Gasteiger charge is 2.19. The van der Waals surface area contributed by atoms with Gasteiger partial charge in [0.25, 0.3) is 5.91 Å². The molecule has 1 amide bonds. The zero-order valence-corrected chi connectivity index (χ0v) is 11.3. The SMILES string of the molecule is CN1CCCC(CNC(=O)c2cc(F)c(F)c(F)c2)C1. The van der Waals surface area contributed by atoms with Gasteiger partial charge in [0.2, 0.25) is 0 Å². The van der Waals surface area contributed by atoms with Gasteiger partial charge >= 0.3 is 0 Å². The van der Waals surface area contributed by atoms with Crippen molar-refractivity contribution in [2.45, 2.75) is 12.8 Å². The van der Waals surface area contributed by atoms with Gasteiger partial charge < -0.3 is 10.2 Å². The van der Waals surface area contributed by atoms with Gasteiger partial charge in [-0.25, -0.2) is 13.2 Å². The Labute approximate surface area is 115 Å². The highest BCUT2D eigenvalue weighted by atomic mass is 19.2. The van der Waals surface area contributed by atoms with Gasteiger partial charge in [-0.2, -0.15) is 0 Å². The van der Waals surface area contributed by atoms with Crippen LogP contribution in [-0.4, -0.2) is 37.5 Å². The van der Waals surface area contributed by atoms with Gasteiger partial charge in [-0.1, -0.05) is 0 Å². The van der Waals surface area contributed by atoms with Crippen LogP contribution in [0.3, 0.4) is 0 Å². The van der Waals surface area contributed by atoms with Crippen LogP contribution in [0.25, 0.3) is 0 Å². The zero-order chi connectivity index (χ0) is 14.7. The lowest BCUT2D eigenvalue weighted by atomic mass is 9.98. The molecule has 1 saturated heterocycles. The maximum absolute atomic E-state index is 13.0. The lowest BCUT2D eigenvalue weighted by Gasteiger charge is -2.29. The molecule has 0 spiro atoms. The molecular weight excluding hydrogens is 269 g/mol. The van der Waals surface area contributed by atoms with E-state index in [4.69, 9.17) is 0 Å². The van der Waals surface area contributed by atoms with Crippen LogP contribution in [0.2, 0.25) is 0 Å². The second-order valence-corrected chi connectivity index (χ2v) is 5.23. The van der Waals surface area contributed by atoms with E-state index in [9.17, 15) is 18.0 Å². The Morgan fingerprint density at radius 2 is 2.00 bits per heavy atom. The number of nitrogens with one attached hydrogen (secondary N) is 1. The Bertz CT molecular complexity index is 484. The Hall–Kier alpha value is -1.56. The van der Waals surface area contributed by atoms with Crippen molar-refractivity contribution in [2.24, 2.45) is 5.92 Å². The molecule has 1 aliphatic heterocycles. The average molecular weight is 286 g/mol. The van der Waals surface area contributed by atoms with E-state index in [0.717, 1.165) is 25.9 Å². The predicted molar refractivity (Wildman–Crippen MR) is 68.9 cm³/mol. The van der Waals surface area contributed by atoms with Gasteiger partial charge in [0.05, 0.1) is 0 Å². The summed E-state index contributed by atoms with van der Waals surface area (Å²) in [6.45, 7) is 2.37. The summed E-state index contributed by atoms with van der Waals surface area (Å²) in [5.41, 5.74) is -0.203. The second kappa shape index (κ2) is 6.26. The van der Waals surface area contributed by atoms with E-state index < -0.39 is 23.4 Å². The third-order valence-electron chi connectivity index (χ3n) is 3.52. The largest absolute Gasteiger partial charge is 0.352 e. The number of hydrogen-bond donors (Lipinski definition) is 1.